The van der Waals surface area contributed by atoms with Crippen molar-refractivity contribution < 1.29 is 4.79 Å². The Balaban J connectivity index is 1.36. The molecule has 5 rings (SSSR count). The molecule has 0 radical (unpaired) electrons. The Kier molecular flexibility index (Phi) is 5.80. The lowest BCUT2D eigenvalue weighted by atomic mass is 9.96. The minimum atomic E-state index is -0.0335. The molecule has 8 nitrogen and oxygen atoms in total. The minimum Gasteiger partial charge on any atom is -0.349 e. The third-order valence-electron chi connectivity index (χ3n) is 6.06. The van der Waals surface area contributed by atoms with Crippen LogP contribution in [0.2, 0.25) is 0 Å². The summed E-state index contributed by atoms with van der Waals surface area (Å²) in [4.78, 5) is 26.1. The van der Waals surface area contributed by atoms with Gasteiger partial charge in [-0.15, -0.1) is 0 Å². The zero-order valence-electron chi connectivity index (χ0n) is 18.4. The molecule has 8 heteroatoms. The number of para-hydroxylation sites is 1. The second-order valence-electron chi connectivity index (χ2n) is 8.10. The Morgan fingerprint density at radius 2 is 1.73 bits per heavy atom. The van der Waals surface area contributed by atoms with Gasteiger partial charge in [-0.2, -0.15) is 15.0 Å². The highest BCUT2D eigenvalue weighted by molar-refractivity contribution is 5.98. The molecule has 1 amide bonds. The molecule has 1 aliphatic heterocycles. The van der Waals surface area contributed by atoms with Crippen LogP contribution in [-0.2, 0) is 0 Å². The maximum absolute atomic E-state index is 13.6. The van der Waals surface area contributed by atoms with Crippen LogP contribution in [0.3, 0.4) is 0 Å². The molecule has 1 aliphatic rings. The minimum absolute atomic E-state index is 0.0270. The van der Waals surface area contributed by atoms with E-state index in [1.165, 1.54) is 4.80 Å². The summed E-state index contributed by atoms with van der Waals surface area (Å²) in [6.07, 6.45) is 6.81. The number of likely N-dealkylation sites (tertiary alicyclic amines) is 1. The maximum atomic E-state index is 13.6. The Labute approximate surface area is 192 Å². The summed E-state index contributed by atoms with van der Waals surface area (Å²) in [6, 6.07) is 19.4. The van der Waals surface area contributed by atoms with Crippen LogP contribution in [0.25, 0.3) is 16.9 Å². The maximum Gasteiger partial charge on any atom is 0.256 e. The van der Waals surface area contributed by atoms with Crippen molar-refractivity contribution in [2.45, 2.75) is 31.8 Å². The van der Waals surface area contributed by atoms with Crippen LogP contribution in [0.5, 0.6) is 0 Å². The van der Waals surface area contributed by atoms with Crippen LogP contribution in [-0.4, -0.2) is 54.4 Å². The molecule has 2 aromatic carbocycles. The van der Waals surface area contributed by atoms with Crippen molar-refractivity contribution in [1.29, 1.82) is 0 Å². The van der Waals surface area contributed by atoms with Crippen molar-refractivity contribution in [3.8, 4) is 16.9 Å². The zero-order chi connectivity index (χ0) is 22.6. The number of hydrogen-bond donors (Lipinski definition) is 1. The summed E-state index contributed by atoms with van der Waals surface area (Å²) in [5.74, 6) is 0.546. The summed E-state index contributed by atoms with van der Waals surface area (Å²) >= 11 is 0. The largest absolute Gasteiger partial charge is 0.349 e. The third-order valence-corrected chi connectivity index (χ3v) is 6.06. The van der Waals surface area contributed by atoms with Gasteiger partial charge in [-0.1, -0.05) is 42.5 Å². The van der Waals surface area contributed by atoms with Crippen LogP contribution in [0, 0.1) is 0 Å². The average Bonchev–Trinajstić information content (AvgIpc) is 3.41. The fourth-order valence-corrected chi connectivity index (χ4v) is 4.31. The molecule has 2 aromatic heterocycles. The number of nitrogens with zero attached hydrogens (tertiary/aromatic N) is 6. The molecule has 1 N–H and O–H groups in total. The lowest BCUT2D eigenvalue weighted by molar-refractivity contribution is 0.0616. The van der Waals surface area contributed by atoms with Gasteiger partial charge in [0, 0.05) is 30.4 Å². The lowest BCUT2D eigenvalue weighted by Gasteiger charge is -2.40. The number of nitrogens with one attached hydrogen (secondary N) is 1. The lowest BCUT2D eigenvalue weighted by Crippen LogP contribution is -2.52. The quantitative estimate of drug-likeness (QED) is 0.508. The summed E-state index contributed by atoms with van der Waals surface area (Å²) in [5.41, 5.74) is 3.17. The molecular weight excluding hydrogens is 414 g/mol. The SMILES string of the molecule is C[C@@H]1[C@H](Nc2nccc(-c3ccccc3)n2)CCCN1C(=O)c1ccccc1-n1nccn1. The van der Waals surface area contributed by atoms with E-state index < -0.39 is 0 Å². The number of anilines is 1. The van der Waals surface area contributed by atoms with Crippen LogP contribution in [0.1, 0.15) is 30.1 Å². The highest BCUT2D eigenvalue weighted by atomic mass is 16.2. The van der Waals surface area contributed by atoms with E-state index >= 15 is 0 Å². The molecule has 1 saturated heterocycles. The van der Waals surface area contributed by atoms with Gasteiger partial charge in [0.1, 0.15) is 0 Å². The Hall–Kier alpha value is -4.07. The fourth-order valence-electron chi connectivity index (χ4n) is 4.31. The van der Waals surface area contributed by atoms with Crippen molar-refractivity contribution in [3.63, 3.8) is 0 Å². The number of piperidine rings is 1. The van der Waals surface area contributed by atoms with Crippen LogP contribution >= 0.6 is 0 Å². The average molecular weight is 440 g/mol. The van der Waals surface area contributed by atoms with E-state index in [-0.39, 0.29) is 18.0 Å². The molecule has 33 heavy (non-hydrogen) atoms. The Bertz CT molecular complexity index is 1230. The monoisotopic (exact) mass is 439 g/mol. The van der Waals surface area contributed by atoms with Crippen LogP contribution < -0.4 is 5.32 Å². The molecule has 4 aromatic rings. The zero-order valence-corrected chi connectivity index (χ0v) is 18.4. The molecule has 0 aliphatic carbocycles. The van der Waals surface area contributed by atoms with E-state index in [1.807, 2.05) is 65.6 Å². The second-order valence-corrected chi connectivity index (χ2v) is 8.10. The Morgan fingerprint density at radius 1 is 0.970 bits per heavy atom. The molecule has 0 unspecified atom stereocenters. The van der Waals surface area contributed by atoms with Gasteiger partial charge in [0.15, 0.2) is 0 Å². The smallest absolute Gasteiger partial charge is 0.256 e. The van der Waals surface area contributed by atoms with Gasteiger partial charge < -0.3 is 10.2 Å². The van der Waals surface area contributed by atoms with Crippen molar-refractivity contribution in [2.75, 3.05) is 11.9 Å². The van der Waals surface area contributed by atoms with E-state index in [0.717, 1.165) is 24.1 Å². The topological polar surface area (TPSA) is 88.8 Å². The van der Waals surface area contributed by atoms with Gasteiger partial charge in [0.2, 0.25) is 5.95 Å². The van der Waals surface area contributed by atoms with Gasteiger partial charge >= 0.3 is 0 Å². The normalized spacial score (nSPS) is 18.2. The number of hydrogen-bond acceptors (Lipinski definition) is 6. The predicted molar refractivity (Wildman–Crippen MR) is 126 cm³/mol. The second kappa shape index (κ2) is 9.20. The van der Waals surface area contributed by atoms with Gasteiger partial charge in [-0.3, -0.25) is 4.79 Å². The fraction of sp³-hybridized carbons (Fsp3) is 0.240. The van der Waals surface area contributed by atoms with E-state index in [9.17, 15) is 4.79 Å². The molecular formula is C25H25N7O. The molecule has 1 fully saturated rings. The van der Waals surface area contributed by atoms with Crippen molar-refractivity contribution in [1.82, 2.24) is 29.9 Å². The van der Waals surface area contributed by atoms with E-state index in [0.29, 0.717) is 23.7 Å². The van der Waals surface area contributed by atoms with Gasteiger partial charge in [0.25, 0.3) is 5.91 Å². The molecule has 166 valence electrons. The first-order chi connectivity index (χ1) is 16.2. The molecule has 0 bridgehead atoms. The Morgan fingerprint density at radius 3 is 2.55 bits per heavy atom. The molecule has 0 saturated carbocycles. The summed E-state index contributed by atoms with van der Waals surface area (Å²) < 4.78 is 0. The van der Waals surface area contributed by atoms with Crippen LogP contribution in [0.15, 0.2) is 79.3 Å². The molecule has 0 spiro atoms. The molecule has 2 atom stereocenters. The summed E-state index contributed by atoms with van der Waals surface area (Å²) in [6.45, 7) is 2.77. The van der Waals surface area contributed by atoms with Gasteiger partial charge in [-0.05, 0) is 38.0 Å². The van der Waals surface area contributed by atoms with Crippen molar-refractivity contribution in [2.24, 2.45) is 0 Å². The van der Waals surface area contributed by atoms with Crippen molar-refractivity contribution in [3.05, 3.63) is 84.8 Å². The number of benzene rings is 2. The van der Waals surface area contributed by atoms with Gasteiger partial charge in [0.05, 0.1) is 29.3 Å². The van der Waals surface area contributed by atoms with E-state index in [1.54, 1.807) is 18.6 Å². The highest BCUT2D eigenvalue weighted by Crippen LogP contribution is 2.25. The number of aromatic nitrogens is 5. The first kappa shape index (κ1) is 20.8. The van der Waals surface area contributed by atoms with Crippen molar-refractivity contribution >= 4 is 11.9 Å². The first-order valence-corrected chi connectivity index (χ1v) is 11.1. The summed E-state index contributed by atoms with van der Waals surface area (Å²) in [5, 5.41) is 11.9. The number of amides is 1. The highest BCUT2D eigenvalue weighted by Gasteiger charge is 2.33. The third kappa shape index (κ3) is 4.32. The first-order valence-electron chi connectivity index (χ1n) is 11.1. The number of carbonyl (C=O) groups excluding carboxylic acids is 1. The standard InChI is InChI=1S/C25H25N7O/c1-18-21(29-25-26-14-13-22(30-25)19-8-3-2-4-9-19)11-7-17-31(18)24(33)20-10-5-6-12-23(20)32-27-15-16-28-32/h2-6,8-10,12-16,18,21H,7,11,17H2,1H3,(H,26,29,30)/t18-,21-/m1/s1. The number of rotatable bonds is 5. The summed E-state index contributed by atoms with van der Waals surface area (Å²) in [7, 11) is 0. The van der Waals surface area contributed by atoms with Gasteiger partial charge in [-0.25, -0.2) is 9.97 Å². The van der Waals surface area contributed by atoms with Crippen LogP contribution in [0.4, 0.5) is 5.95 Å². The molecule has 3 heterocycles. The number of carbonyl (C=O) groups is 1. The van der Waals surface area contributed by atoms with E-state index in [4.69, 9.17) is 4.98 Å². The van der Waals surface area contributed by atoms with E-state index in [2.05, 4.69) is 27.4 Å². The predicted octanol–water partition coefficient (Wildman–Crippen LogP) is 3.83.